The van der Waals surface area contributed by atoms with Gasteiger partial charge < -0.3 is 4.74 Å². The Bertz CT molecular complexity index is 470. The molecule has 0 amide bonds. The molecule has 2 heterocycles. The number of aromatic nitrogens is 1. The molecule has 2 aromatic heterocycles. The Hall–Kier alpha value is -0.870. The van der Waals surface area contributed by atoms with Crippen molar-refractivity contribution in [2.24, 2.45) is 0 Å². The van der Waals surface area contributed by atoms with Crippen molar-refractivity contribution in [2.45, 2.75) is 20.0 Å². The van der Waals surface area contributed by atoms with Crippen molar-refractivity contribution in [3.63, 3.8) is 0 Å². The molecule has 2 nitrogen and oxygen atoms in total. The van der Waals surface area contributed by atoms with Crippen LogP contribution in [0.1, 0.15) is 16.7 Å². The summed E-state index contributed by atoms with van der Waals surface area (Å²) in [5.74, 6) is 0.786. The maximum atomic E-state index is 5.68. The van der Waals surface area contributed by atoms with E-state index in [9.17, 15) is 0 Å². The van der Waals surface area contributed by atoms with Crippen LogP contribution >= 0.6 is 27.3 Å². The zero-order valence-corrected chi connectivity index (χ0v) is 11.3. The average molecular weight is 298 g/mol. The van der Waals surface area contributed by atoms with Gasteiger partial charge in [-0.05, 0) is 46.6 Å². The SMILES string of the molecule is CCc1ccc(COc2cccnc2Br)s1. The second-order valence-corrected chi connectivity index (χ2v) is 5.31. The highest BCUT2D eigenvalue weighted by molar-refractivity contribution is 9.10. The van der Waals surface area contributed by atoms with Gasteiger partial charge in [-0.15, -0.1) is 11.3 Å². The predicted molar refractivity (Wildman–Crippen MR) is 70.0 cm³/mol. The summed E-state index contributed by atoms with van der Waals surface area (Å²) in [5, 5.41) is 0. The van der Waals surface area contributed by atoms with E-state index in [2.05, 4.69) is 40.0 Å². The van der Waals surface area contributed by atoms with Gasteiger partial charge in [0.1, 0.15) is 11.2 Å². The van der Waals surface area contributed by atoms with Crippen LogP contribution in [0.4, 0.5) is 0 Å². The number of thiophene rings is 1. The molecule has 0 atom stereocenters. The fraction of sp³-hybridized carbons (Fsp3) is 0.250. The minimum atomic E-state index is 0.606. The Labute approximate surface area is 107 Å². The monoisotopic (exact) mass is 297 g/mol. The third-order valence-electron chi connectivity index (χ3n) is 2.16. The average Bonchev–Trinajstić information content (AvgIpc) is 2.76. The van der Waals surface area contributed by atoms with Gasteiger partial charge in [0.2, 0.25) is 0 Å². The molecule has 2 aromatic rings. The van der Waals surface area contributed by atoms with Gasteiger partial charge >= 0.3 is 0 Å². The Morgan fingerprint density at radius 2 is 2.12 bits per heavy atom. The summed E-state index contributed by atoms with van der Waals surface area (Å²) in [5.41, 5.74) is 0. The smallest absolute Gasteiger partial charge is 0.152 e. The van der Waals surface area contributed by atoms with Gasteiger partial charge in [-0.3, -0.25) is 0 Å². The van der Waals surface area contributed by atoms with E-state index in [1.54, 1.807) is 17.5 Å². The molecular formula is C12H12BrNOS. The van der Waals surface area contributed by atoms with Gasteiger partial charge in [-0.1, -0.05) is 6.92 Å². The van der Waals surface area contributed by atoms with E-state index in [-0.39, 0.29) is 0 Å². The number of halogens is 1. The first-order chi connectivity index (χ1) is 7.79. The predicted octanol–water partition coefficient (Wildman–Crippen LogP) is 4.05. The van der Waals surface area contributed by atoms with Crippen LogP contribution in [-0.4, -0.2) is 4.98 Å². The Morgan fingerprint density at radius 3 is 2.81 bits per heavy atom. The standard InChI is InChI=1S/C12H12BrNOS/c1-2-9-5-6-10(16-9)8-15-11-4-3-7-14-12(11)13/h3-7H,2,8H2,1H3. The molecule has 2 rings (SSSR count). The van der Waals surface area contributed by atoms with Crippen LogP contribution in [0, 0.1) is 0 Å². The fourth-order valence-corrected chi connectivity index (χ4v) is 2.55. The molecule has 16 heavy (non-hydrogen) atoms. The van der Waals surface area contributed by atoms with E-state index >= 15 is 0 Å². The number of hydrogen-bond acceptors (Lipinski definition) is 3. The number of nitrogens with zero attached hydrogens (tertiary/aromatic N) is 1. The van der Waals surface area contributed by atoms with E-state index in [1.807, 2.05) is 12.1 Å². The zero-order chi connectivity index (χ0) is 11.4. The van der Waals surface area contributed by atoms with E-state index in [0.29, 0.717) is 6.61 Å². The minimum Gasteiger partial charge on any atom is -0.485 e. The molecule has 0 aliphatic carbocycles. The topological polar surface area (TPSA) is 22.1 Å². The highest BCUT2D eigenvalue weighted by atomic mass is 79.9. The molecule has 0 unspecified atom stereocenters. The van der Waals surface area contributed by atoms with Gasteiger partial charge in [-0.25, -0.2) is 4.98 Å². The summed E-state index contributed by atoms with van der Waals surface area (Å²) in [4.78, 5) is 6.74. The molecule has 0 N–H and O–H groups in total. The van der Waals surface area contributed by atoms with E-state index in [1.165, 1.54) is 9.75 Å². The summed E-state index contributed by atoms with van der Waals surface area (Å²) < 4.78 is 6.43. The van der Waals surface area contributed by atoms with Crippen molar-refractivity contribution >= 4 is 27.3 Å². The quantitative estimate of drug-likeness (QED) is 0.795. The second-order valence-electron chi connectivity index (χ2n) is 3.30. The molecular weight excluding hydrogens is 286 g/mol. The largest absolute Gasteiger partial charge is 0.485 e. The molecule has 0 saturated carbocycles. The molecule has 0 aliphatic rings. The number of hydrogen-bond donors (Lipinski definition) is 0. The lowest BCUT2D eigenvalue weighted by molar-refractivity contribution is 0.306. The van der Waals surface area contributed by atoms with Crippen molar-refractivity contribution in [3.8, 4) is 5.75 Å². The molecule has 0 aromatic carbocycles. The van der Waals surface area contributed by atoms with Crippen LogP contribution < -0.4 is 4.74 Å². The van der Waals surface area contributed by atoms with Crippen LogP contribution in [0.25, 0.3) is 0 Å². The van der Waals surface area contributed by atoms with Gasteiger partial charge in [0, 0.05) is 16.0 Å². The minimum absolute atomic E-state index is 0.606. The van der Waals surface area contributed by atoms with Crippen LogP contribution in [0.5, 0.6) is 5.75 Å². The summed E-state index contributed by atoms with van der Waals surface area (Å²) in [6.07, 6.45) is 2.82. The molecule has 0 radical (unpaired) electrons. The van der Waals surface area contributed by atoms with E-state index in [4.69, 9.17) is 4.74 Å². The van der Waals surface area contributed by atoms with Gasteiger partial charge in [0.15, 0.2) is 5.75 Å². The van der Waals surface area contributed by atoms with Crippen LogP contribution in [0.2, 0.25) is 0 Å². The number of rotatable bonds is 4. The first kappa shape index (κ1) is 11.6. The Kier molecular flexibility index (Phi) is 3.96. The summed E-state index contributed by atoms with van der Waals surface area (Å²) in [6, 6.07) is 8.05. The van der Waals surface area contributed by atoms with Crippen molar-refractivity contribution in [3.05, 3.63) is 44.8 Å². The zero-order valence-electron chi connectivity index (χ0n) is 8.94. The van der Waals surface area contributed by atoms with E-state index < -0.39 is 0 Å². The number of aryl methyl sites for hydroxylation is 1. The Balaban J connectivity index is 1.99. The molecule has 4 heteroatoms. The second kappa shape index (κ2) is 5.46. The molecule has 0 bridgehead atoms. The third kappa shape index (κ3) is 2.83. The van der Waals surface area contributed by atoms with Crippen molar-refractivity contribution in [1.29, 1.82) is 0 Å². The maximum Gasteiger partial charge on any atom is 0.152 e. The van der Waals surface area contributed by atoms with Crippen LogP contribution in [-0.2, 0) is 13.0 Å². The normalized spacial score (nSPS) is 10.4. The highest BCUT2D eigenvalue weighted by Crippen LogP contribution is 2.24. The maximum absolute atomic E-state index is 5.68. The fourth-order valence-electron chi connectivity index (χ4n) is 1.32. The van der Waals surface area contributed by atoms with E-state index in [0.717, 1.165) is 16.8 Å². The van der Waals surface area contributed by atoms with Crippen LogP contribution in [0.15, 0.2) is 35.1 Å². The lowest BCUT2D eigenvalue weighted by atomic mass is 10.4. The first-order valence-electron chi connectivity index (χ1n) is 5.10. The highest BCUT2D eigenvalue weighted by Gasteiger charge is 2.03. The van der Waals surface area contributed by atoms with Crippen molar-refractivity contribution in [2.75, 3.05) is 0 Å². The number of ether oxygens (including phenoxy) is 1. The summed E-state index contributed by atoms with van der Waals surface area (Å²) >= 11 is 5.15. The summed E-state index contributed by atoms with van der Waals surface area (Å²) in [7, 11) is 0. The molecule has 0 aliphatic heterocycles. The van der Waals surface area contributed by atoms with Crippen molar-refractivity contribution in [1.82, 2.24) is 4.98 Å². The molecule has 84 valence electrons. The first-order valence-corrected chi connectivity index (χ1v) is 6.71. The molecule has 0 spiro atoms. The lowest BCUT2D eigenvalue weighted by Crippen LogP contribution is -1.94. The van der Waals surface area contributed by atoms with Gasteiger partial charge in [0.25, 0.3) is 0 Å². The molecule has 0 saturated heterocycles. The van der Waals surface area contributed by atoms with Crippen molar-refractivity contribution < 1.29 is 4.74 Å². The lowest BCUT2D eigenvalue weighted by Gasteiger charge is -2.05. The molecule has 0 fully saturated rings. The summed E-state index contributed by atoms with van der Waals surface area (Å²) in [6.45, 7) is 2.77. The van der Waals surface area contributed by atoms with Crippen LogP contribution in [0.3, 0.4) is 0 Å². The van der Waals surface area contributed by atoms with Gasteiger partial charge in [0.05, 0.1) is 0 Å². The third-order valence-corrected chi connectivity index (χ3v) is 3.96. The van der Waals surface area contributed by atoms with Gasteiger partial charge in [-0.2, -0.15) is 0 Å². The Morgan fingerprint density at radius 1 is 1.31 bits per heavy atom. The number of pyridine rings is 1.